The summed E-state index contributed by atoms with van der Waals surface area (Å²) in [5, 5.41) is 5.85. The van der Waals surface area contributed by atoms with Gasteiger partial charge in [-0.1, -0.05) is 35.9 Å². The maximum absolute atomic E-state index is 12.4. The number of carbonyl (C=O) groups excluding carboxylic acids is 2. The van der Waals surface area contributed by atoms with Crippen molar-refractivity contribution in [2.75, 3.05) is 12.4 Å². The highest BCUT2D eigenvalue weighted by atomic mass is 35.5. The molecule has 0 saturated heterocycles. The number of hydrogen-bond acceptors (Lipinski definition) is 2. The summed E-state index contributed by atoms with van der Waals surface area (Å²) in [5.41, 5.74) is 3.07. The highest BCUT2D eigenvalue weighted by Gasteiger charge is 2.32. The van der Waals surface area contributed by atoms with Crippen molar-refractivity contribution in [2.24, 2.45) is 0 Å². The summed E-state index contributed by atoms with van der Waals surface area (Å²) in [6.45, 7) is 0. The smallest absolute Gasteiger partial charge is 0.253 e. The van der Waals surface area contributed by atoms with Gasteiger partial charge in [0.05, 0.1) is 17.2 Å². The summed E-state index contributed by atoms with van der Waals surface area (Å²) in [5.74, 6) is -0.556. The Morgan fingerprint density at radius 1 is 1.18 bits per heavy atom. The van der Waals surface area contributed by atoms with Gasteiger partial charge in [-0.25, -0.2) is 0 Å². The van der Waals surface area contributed by atoms with E-state index in [4.69, 9.17) is 11.6 Å². The van der Waals surface area contributed by atoms with Crippen molar-refractivity contribution in [1.82, 2.24) is 5.32 Å². The zero-order valence-electron chi connectivity index (χ0n) is 12.0. The topological polar surface area (TPSA) is 58.2 Å². The lowest BCUT2D eigenvalue weighted by atomic mass is 9.77. The minimum Gasteiger partial charge on any atom is -0.355 e. The summed E-state index contributed by atoms with van der Waals surface area (Å²) in [6, 6.07) is 12.7. The van der Waals surface area contributed by atoms with Crippen LogP contribution in [0.4, 0.5) is 5.69 Å². The lowest BCUT2D eigenvalue weighted by Crippen LogP contribution is -2.31. The fraction of sp³-hybridized carbons (Fsp3) is 0.176. The quantitative estimate of drug-likeness (QED) is 0.915. The first kappa shape index (κ1) is 14.6. The number of rotatable bonds is 3. The molecule has 0 spiro atoms. The molecule has 2 amide bonds. The van der Waals surface area contributed by atoms with E-state index >= 15 is 0 Å². The Balaban J connectivity index is 1.83. The molecule has 112 valence electrons. The van der Waals surface area contributed by atoms with Crippen molar-refractivity contribution < 1.29 is 9.59 Å². The molecule has 2 N–H and O–H groups in total. The molecule has 1 aliphatic carbocycles. The molecule has 0 radical (unpaired) electrons. The average Bonchev–Trinajstić information content (AvgIpc) is 2.48. The van der Waals surface area contributed by atoms with Gasteiger partial charge in [-0.3, -0.25) is 9.59 Å². The van der Waals surface area contributed by atoms with Crippen molar-refractivity contribution in [3.8, 4) is 0 Å². The minimum absolute atomic E-state index is 0.119. The van der Waals surface area contributed by atoms with Gasteiger partial charge < -0.3 is 10.6 Å². The van der Waals surface area contributed by atoms with E-state index in [2.05, 4.69) is 10.6 Å². The van der Waals surface area contributed by atoms with Crippen molar-refractivity contribution in [3.05, 3.63) is 64.2 Å². The molecular weight excluding hydrogens is 300 g/mol. The second-order valence-corrected chi connectivity index (χ2v) is 5.65. The Morgan fingerprint density at radius 3 is 2.68 bits per heavy atom. The number of anilines is 1. The van der Waals surface area contributed by atoms with Crippen LogP contribution in [0.3, 0.4) is 0 Å². The van der Waals surface area contributed by atoms with Gasteiger partial charge in [-0.2, -0.15) is 0 Å². The number of nitrogens with one attached hydrogen (secondary N) is 2. The number of fused-ring (bicyclic) bond motifs is 1. The monoisotopic (exact) mass is 314 g/mol. The Hall–Kier alpha value is -2.33. The van der Waals surface area contributed by atoms with Crippen LogP contribution in [0.2, 0.25) is 5.02 Å². The van der Waals surface area contributed by atoms with E-state index in [1.54, 1.807) is 25.2 Å². The summed E-state index contributed by atoms with van der Waals surface area (Å²) in [4.78, 5) is 24.3. The minimum atomic E-state index is -0.263. The first-order chi connectivity index (χ1) is 10.6. The number of amides is 2. The Bertz CT molecular complexity index is 758. The highest BCUT2D eigenvalue weighted by Crippen LogP contribution is 2.36. The van der Waals surface area contributed by atoms with Crippen LogP contribution >= 0.6 is 11.6 Å². The van der Waals surface area contributed by atoms with Gasteiger partial charge in [0, 0.05) is 12.1 Å². The van der Waals surface area contributed by atoms with E-state index in [1.165, 1.54) is 5.56 Å². The van der Waals surface area contributed by atoms with Crippen LogP contribution in [0.15, 0.2) is 42.5 Å². The largest absolute Gasteiger partial charge is 0.355 e. The molecule has 2 aromatic carbocycles. The molecule has 5 heteroatoms. The van der Waals surface area contributed by atoms with Gasteiger partial charge in [0.25, 0.3) is 5.91 Å². The third-order valence-corrected chi connectivity index (χ3v) is 4.12. The normalized spacial score (nSPS) is 15.5. The van der Waals surface area contributed by atoms with Gasteiger partial charge in [0.15, 0.2) is 0 Å². The third-order valence-electron chi connectivity index (χ3n) is 3.88. The molecule has 0 aliphatic heterocycles. The molecule has 1 atom stereocenters. The molecule has 2 aromatic rings. The second-order valence-electron chi connectivity index (χ2n) is 5.21. The molecule has 4 nitrogen and oxygen atoms in total. The van der Waals surface area contributed by atoms with E-state index in [-0.39, 0.29) is 17.7 Å². The van der Waals surface area contributed by atoms with E-state index in [0.717, 1.165) is 12.0 Å². The molecule has 1 aliphatic rings. The summed E-state index contributed by atoms with van der Waals surface area (Å²) < 4.78 is 0. The van der Waals surface area contributed by atoms with Gasteiger partial charge in [0.1, 0.15) is 0 Å². The maximum Gasteiger partial charge on any atom is 0.253 e. The Kier molecular flexibility index (Phi) is 3.86. The van der Waals surface area contributed by atoms with Crippen LogP contribution in [-0.4, -0.2) is 18.9 Å². The molecule has 0 unspecified atom stereocenters. The van der Waals surface area contributed by atoms with Gasteiger partial charge in [-0.05, 0) is 35.7 Å². The van der Waals surface area contributed by atoms with E-state index in [9.17, 15) is 9.59 Å². The van der Waals surface area contributed by atoms with Gasteiger partial charge in [-0.15, -0.1) is 0 Å². The second kappa shape index (κ2) is 5.81. The van der Waals surface area contributed by atoms with Crippen LogP contribution in [0.5, 0.6) is 0 Å². The number of carbonyl (C=O) groups is 2. The molecule has 0 saturated carbocycles. The molecule has 3 rings (SSSR count). The molecule has 0 fully saturated rings. The first-order valence-electron chi connectivity index (χ1n) is 7.00. The van der Waals surface area contributed by atoms with Crippen molar-refractivity contribution >= 4 is 29.1 Å². The van der Waals surface area contributed by atoms with Crippen LogP contribution < -0.4 is 10.6 Å². The fourth-order valence-electron chi connectivity index (χ4n) is 2.67. The van der Waals surface area contributed by atoms with Gasteiger partial charge in [0.2, 0.25) is 5.91 Å². The lowest BCUT2D eigenvalue weighted by molar-refractivity contribution is -0.118. The number of benzene rings is 2. The first-order valence-corrected chi connectivity index (χ1v) is 7.38. The predicted octanol–water partition coefficient (Wildman–Crippen LogP) is 2.98. The van der Waals surface area contributed by atoms with Crippen molar-refractivity contribution in [1.29, 1.82) is 0 Å². The predicted molar refractivity (Wildman–Crippen MR) is 86.4 cm³/mol. The molecule has 0 bridgehead atoms. The van der Waals surface area contributed by atoms with Crippen LogP contribution in [-0.2, 0) is 11.2 Å². The Labute approximate surface area is 133 Å². The maximum atomic E-state index is 12.4. The summed E-state index contributed by atoms with van der Waals surface area (Å²) >= 11 is 5.97. The van der Waals surface area contributed by atoms with Crippen molar-refractivity contribution in [3.63, 3.8) is 0 Å². The lowest BCUT2D eigenvalue weighted by Gasteiger charge is -2.29. The summed E-state index contributed by atoms with van der Waals surface area (Å²) in [7, 11) is 1.55. The van der Waals surface area contributed by atoms with Crippen LogP contribution in [0.25, 0.3) is 0 Å². The highest BCUT2D eigenvalue weighted by molar-refractivity contribution is 6.31. The number of halogens is 1. The molecule has 0 aromatic heterocycles. The Morgan fingerprint density at radius 2 is 1.95 bits per heavy atom. The molecule has 22 heavy (non-hydrogen) atoms. The fourth-order valence-corrected chi connectivity index (χ4v) is 2.84. The SMILES string of the molecule is CNC(=O)c1ccc(Cl)cc1NC(=O)[C@H]1Cc2ccccc21. The van der Waals surface area contributed by atoms with E-state index in [1.807, 2.05) is 24.3 Å². The number of hydrogen-bond donors (Lipinski definition) is 2. The average molecular weight is 315 g/mol. The third kappa shape index (κ3) is 2.57. The zero-order valence-corrected chi connectivity index (χ0v) is 12.8. The van der Waals surface area contributed by atoms with E-state index < -0.39 is 0 Å². The zero-order chi connectivity index (χ0) is 15.7. The molecular formula is C17H15ClN2O2. The van der Waals surface area contributed by atoms with Crippen molar-refractivity contribution in [2.45, 2.75) is 12.3 Å². The summed E-state index contributed by atoms with van der Waals surface area (Å²) in [6.07, 6.45) is 0.720. The van der Waals surface area contributed by atoms with Crippen LogP contribution in [0, 0.1) is 0 Å². The standard InChI is InChI=1S/C17H15ClN2O2/c1-19-16(21)13-7-6-11(18)9-15(13)20-17(22)14-8-10-4-2-3-5-12(10)14/h2-7,9,14H,8H2,1H3,(H,19,21)(H,20,22)/t14-/m0/s1. The molecule has 0 heterocycles. The van der Waals surface area contributed by atoms with Crippen LogP contribution in [0.1, 0.15) is 27.4 Å². The van der Waals surface area contributed by atoms with E-state index in [0.29, 0.717) is 16.3 Å². The van der Waals surface area contributed by atoms with Gasteiger partial charge >= 0.3 is 0 Å².